The molecule has 1 aliphatic heterocycles. The van der Waals surface area contributed by atoms with Crippen molar-refractivity contribution in [3.8, 4) is 0 Å². The molecule has 0 fully saturated rings. The average Bonchev–Trinajstić information content (AvgIpc) is 3.13. The lowest BCUT2D eigenvalue weighted by molar-refractivity contribution is 0.495. The molecule has 0 radical (unpaired) electrons. The Balaban J connectivity index is 1.56. The maximum Gasteiger partial charge on any atom is 0.0416 e. The molecular weight excluding hydrogens is 326 g/mol. The number of nitrogens with one attached hydrogen (secondary N) is 1. The summed E-state index contributed by atoms with van der Waals surface area (Å²) in [5.41, 5.74) is 6.80. The summed E-state index contributed by atoms with van der Waals surface area (Å²) in [6.45, 7) is 0.996. The Hall–Kier alpha value is -3.06. The second-order valence-corrected chi connectivity index (χ2v) is 7.44. The quantitative estimate of drug-likeness (QED) is 0.590. The van der Waals surface area contributed by atoms with Crippen molar-refractivity contribution >= 4 is 17.3 Å². The zero-order valence-corrected chi connectivity index (χ0v) is 15.3. The van der Waals surface area contributed by atoms with E-state index in [1.807, 2.05) is 0 Å². The molecule has 1 heteroatoms. The van der Waals surface area contributed by atoms with E-state index >= 15 is 0 Å². The molecule has 3 aromatic rings. The smallest absolute Gasteiger partial charge is 0.0416 e. The van der Waals surface area contributed by atoms with Crippen LogP contribution in [0, 0.1) is 11.8 Å². The molecule has 1 nitrogen and oxygen atoms in total. The highest BCUT2D eigenvalue weighted by atomic mass is 14.9. The van der Waals surface area contributed by atoms with E-state index in [0.29, 0.717) is 17.8 Å². The first-order chi connectivity index (χ1) is 13.4. The summed E-state index contributed by atoms with van der Waals surface area (Å²) in [5.74, 6) is 1.38. The molecule has 27 heavy (non-hydrogen) atoms. The van der Waals surface area contributed by atoms with Crippen LogP contribution in [0.1, 0.15) is 22.6 Å². The van der Waals surface area contributed by atoms with Gasteiger partial charge in [-0.25, -0.2) is 0 Å². The molecule has 0 spiro atoms. The molecule has 5 rings (SSSR count). The summed E-state index contributed by atoms with van der Waals surface area (Å²) >= 11 is 0. The van der Waals surface area contributed by atoms with Gasteiger partial charge < -0.3 is 5.32 Å². The average molecular weight is 349 g/mol. The van der Waals surface area contributed by atoms with Gasteiger partial charge in [-0.2, -0.15) is 0 Å². The highest BCUT2D eigenvalue weighted by Crippen LogP contribution is 2.50. The predicted molar refractivity (Wildman–Crippen MR) is 115 cm³/mol. The van der Waals surface area contributed by atoms with Gasteiger partial charge in [0.1, 0.15) is 0 Å². The number of hydrogen-bond acceptors (Lipinski definition) is 1. The van der Waals surface area contributed by atoms with Gasteiger partial charge in [-0.05, 0) is 28.7 Å². The Bertz CT molecular complexity index is 985. The number of rotatable bonds is 3. The number of benzene rings is 3. The second kappa shape index (κ2) is 6.92. The lowest BCUT2D eigenvalue weighted by Gasteiger charge is -2.30. The minimum absolute atomic E-state index is 0.416. The molecule has 3 aromatic carbocycles. The van der Waals surface area contributed by atoms with Gasteiger partial charge in [-0.15, -0.1) is 0 Å². The third-order valence-electron chi connectivity index (χ3n) is 5.88. The minimum Gasteiger partial charge on any atom is -0.384 e. The van der Waals surface area contributed by atoms with Gasteiger partial charge in [-0.1, -0.05) is 97.1 Å². The van der Waals surface area contributed by atoms with Gasteiger partial charge >= 0.3 is 0 Å². The summed E-state index contributed by atoms with van der Waals surface area (Å²) in [4.78, 5) is 0. The van der Waals surface area contributed by atoms with E-state index in [2.05, 4.69) is 108 Å². The molecule has 0 unspecified atom stereocenters. The largest absolute Gasteiger partial charge is 0.384 e. The van der Waals surface area contributed by atoms with Crippen LogP contribution in [0.25, 0.3) is 11.6 Å². The molecule has 132 valence electrons. The SMILES string of the molecule is C1=C2c3ccccc3NC[C@H]2[C@H](/C=C/c2ccccc2)[C@H]1c1ccccc1. The first kappa shape index (κ1) is 16.1. The van der Waals surface area contributed by atoms with E-state index in [0.717, 1.165) is 6.54 Å². The number of fused-ring (bicyclic) bond motifs is 3. The van der Waals surface area contributed by atoms with Crippen molar-refractivity contribution in [3.63, 3.8) is 0 Å². The van der Waals surface area contributed by atoms with Crippen molar-refractivity contribution in [2.75, 3.05) is 11.9 Å². The fraction of sp³-hybridized carbons (Fsp3) is 0.154. The Morgan fingerprint density at radius 3 is 2.30 bits per heavy atom. The van der Waals surface area contributed by atoms with E-state index < -0.39 is 0 Å². The Morgan fingerprint density at radius 2 is 1.48 bits per heavy atom. The maximum absolute atomic E-state index is 3.66. The summed E-state index contributed by atoms with van der Waals surface area (Å²) in [5, 5.41) is 3.66. The summed E-state index contributed by atoms with van der Waals surface area (Å²) in [7, 11) is 0. The van der Waals surface area contributed by atoms with E-state index in [4.69, 9.17) is 0 Å². The lowest BCUT2D eigenvalue weighted by atomic mass is 9.79. The van der Waals surface area contributed by atoms with Crippen LogP contribution in [0.15, 0.2) is 97.1 Å². The monoisotopic (exact) mass is 349 g/mol. The maximum atomic E-state index is 3.66. The lowest BCUT2D eigenvalue weighted by Crippen LogP contribution is -2.26. The van der Waals surface area contributed by atoms with Gasteiger partial charge in [0.15, 0.2) is 0 Å². The van der Waals surface area contributed by atoms with Crippen LogP contribution in [0.5, 0.6) is 0 Å². The van der Waals surface area contributed by atoms with E-state index in [1.165, 1.54) is 28.0 Å². The van der Waals surface area contributed by atoms with Crippen molar-refractivity contribution in [1.29, 1.82) is 0 Å². The number of para-hydroxylation sites is 1. The van der Waals surface area contributed by atoms with Crippen LogP contribution in [0.4, 0.5) is 5.69 Å². The van der Waals surface area contributed by atoms with Crippen LogP contribution in [0.2, 0.25) is 0 Å². The van der Waals surface area contributed by atoms with Crippen LogP contribution in [0.3, 0.4) is 0 Å². The fourth-order valence-corrected chi connectivity index (χ4v) is 4.56. The highest BCUT2D eigenvalue weighted by molar-refractivity contribution is 5.83. The summed E-state index contributed by atoms with van der Waals surface area (Å²) < 4.78 is 0. The Morgan fingerprint density at radius 1 is 0.778 bits per heavy atom. The Labute approximate surface area is 161 Å². The molecule has 0 amide bonds. The molecular formula is C26H23N. The molecule has 0 saturated carbocycles. The molecule has 2 aliphatic rings. The molecule has 1 aliphatic carbocycles. The van der Waals surface area contributed by atoms with Gasteiger partial charge in [-0.3, -0.25) is 0 Å². The van der Waals surface area contributed by atoms with Crippen LogP contribution < -0.4 is 5.32 Å². The van der Waals surface area contributed by atoms with Gasteiger partial charge in [0.2, 0.25) is 0 Å². The zero-order chi connectivity index (χ0) is 18.1. The number of hydrogen-bond donors (Lipinski definition) is 1. The van der Waals surface area contributed by atoms with Crippen LogP contribution in [-0.4, -0.2) is 6.54 Å². The van der Waals surface area contributed by atoms with Crippen molar-refractivity contribution in [1.82, 2.24) is 0 Å². The molecule has 0 aromatic heterocycles. The third kappa shape index (κ3) is 3.00. The molecule has 1 N–H and O–H groups in total. The first-order valence-electron chi connectivity index (χ1n) is 9.73. The molecule has 1 heterocycles. The molecule has 3 atom stereocenters. The van der Waals surface area contributed by atoms with Gasteiger partial charge in [0.25, 0.3) is 0 Å². The summed E-state index contributed by atoms with van der Waals surface area (Å²) in [6.07, 6.45) is 7.23. The first-order valence-corrected chi connectivity index (χ1v) is 9.73. The normalized spacial score (nSPS) is 23.4. The van der Waals surface area contributed by atoms with Gasteiger partial charge in [0.05, 0.1) is 0 Å². The van der Waals surface area contributed by atoms with Gasteiger partial charge in [0, 0.05) is 29.6 Å². The molecule has 0 bridgehead atoms. The van der Waals surface area contributed by atoms with E-state index in [9.17, 15) is 0 Å². The van der Waals surface area contributed by atoms with Crippen molar-refractivity contribution in [3.05, 3.63) is 114 Å². The standard InChI is InChI=1S/C26H23N/c1-3-9-19(10-4-1)15-16-21-23(20-11-5-2-6-12-20)17-24-22-13-7-8-14-26(22)27-18-25(21)24/h1-17,21,23,25,27H,18H2/b16-15+/t21-,23-,25+/m1/s1. The Kier molecular flexibility index (Phi) is 4.14. The summed E-state index contributed by atoms with van der Waals surface area (Å²) in [6, 6.07) is 30.3. The van der Waals surface area contributed by atoms with Crippen LogP contribution in [-0.2, 0) is 0 Å². The second-order valence-electron chi connectivity index (χ2n) is 7.44. The van der Waals surface area contributed by atoms with E-state index in [1.54, 1.807) is 0 Å². The van der Waals surface area contributed by atoms with Crippen molar-refractivity contribution in [2.45, 2.75) is 5.92 Å². The zero-order valence-electron chi connectivity index (χ0n) is 15.3. The highest BCUT2D eigenvalue weighted by Gasteiger charge is 2.39. The number of anilines is 1. The third-order valence-corrected chi connectivity index (χ3v) is 5.88. The van der Waals surface area contributed by atoms with E-state index in [-0.39, 0.29) is 0 Å². The van der Waals surface area contributed by atoms with Crippen LogP contribution >= 0.6 is 0 Å². The minimum atomic E-state index is 0.416. The fourth-order valence-electron chi connectivity index (χ4n) is 4.56. The predicted octanol–water partition coefficient (Wildman–Crippen LogP) is 6.24. The molecule has 0 saturated heterocycles. The van der Waals surface area contributed by atoms with Crippen molar-refractivity contribution in [2.24, 2.45) is 11.8 Å². The van der Waals surface area contributed by atoms with Crippen molar-refractivity contribution < 1.29 is 0 Å². The topological polar surface area (TPSA) is 12.0 Å². The number of allylic oxidation sites excluding steroid dienone is 2.